The third kappa shape index (κ3) is 5.54. The summed E-state index contributed by atoms with van der Waals surface area (Å²) in [6.45, 7) is -0.413. The minimum Gasteiger partial charge on any atom is -0.394 e. The molecule has 1 aliphatic heterocycles. The summed E-state index contributed by atoms with van der Waals surface area (Å²) < 4.78 is 41.0. The summed E-state index contributed by atoms with van der Waals surface area (Å²) in [7, 11) is 0. The van der Waals surface area contributed by atoms with Crippen molar-refractivity contribution in [1.29, 1.82) is 0 Å². The van der Waals surface area contributed by atoms with Gasteiger partial charge in [-0.25, -0.2) is 4.79 Å². The molecule has 1 rings (SSSR count). The molecule has 0 atom stereocenters. The van der Waals surface area contributed by atoms with Crippen molar-refractivity contribution < 1.29 is 27.8 Å². The molecule has 0 radical (unpaired) electrons. The van der Waals surface area contributed by atoms with Gasteiger partial charge in [0, 0.05) is 13.1 Å². The predicted molar refractivity (Wildman–Crippen MR) is 57.1 cm³/mol. The van der Waals surface area contributed by atoms with Gasteiger partial charge < -0.3 is 20.1 Å². The zero-order valence-corrected chi connectivity index (χ0v) is 9.87. The number of hydrogen-bond donors (Lipinski definition) is 2. The van der Waals surface area contributed by atoms with Gasteiger partial charge in [-0.1, -0.05) is 0 Å². The second-order valence-corrected chi connectivity index (χ2v) is 4.05. The molecule has 5 nitrogen and oxygen atoms in total. The normalized spacial score (nSPS) is 17.9. The van der Waals surface area contributed by atoms with Crippen LogP contribution in [0.1, 0.15) is 12.8 Å². The van der Waals surface area contributed by atoms with Crippen LogP contribution in [0.15, 0.2) is 0 Å². The van der Waals surface area contributed by atoms with E-state index in [4.69, 9.17) is 9.84 Å². The van der Waals surface area contributed by atoms with E-state index in [-0.39, 0.29) is 19.3 Å². The number of aliphatic hydroxyl groups is 1. The lowest BCUT2D eigenvalue weighted by Gasteiger charge is -2.31. The van der Waals surface area contributed by atoms with Gasteiger partial charge in [0.05, 0.1) is 19.3 Å². The van der Waals surface area contributed by atoms with E-state index in [1.165, 1.54) is 4.90 Å². The third-order valence-corrected chi connectivity index (χ3v) is 2.61. The molecule has 2 amide bonds. The Kier molecular flexibility index (Phi) is 5.67. The average Bonchev–Trinajstić information content (AvgIpc) is 2.33. The molecule has 1 aliphatic rings. The summed E-state index contributed by atoms with van der Waals surface area (Å²) in [6, 6.07) is -0.701. The lowest BCUT2D eigenvalue weighted by Crippen LogP contribution is -2.48. The number of carbonyl (C=O) groups is 1. The number of aliphatic hydroxyl groups excluding tert-OH is 1. The smallest absolute Gasteiger partial charge is 0.394 e. The maximum atomic E-state index is 11.9. The van der Waals surface area contributed by atoms with Crippen molar-refractivity contribution >= 4 is 6.03 Å². The number of halogens is 3. The van der Waals surface area contributed by atoms with Crippen LogP contribution in [0.3, 0.4) is 0 Å². The van der Waals surface area contributed by atoms with E-state index in [1.54, 1.807) is 0 Å². The summed E-state index contributed by atoms with van der Waals surface area (Å²) in [5, 5.41) is 10.4. The van der Waals surface area contributed by atoms with Crippen LogP contribution in [0.5, 0.6) is 0 Å². The molecule has 0 aliphatic carbocycles. The summed E-state index contributed by atoms with van der Waals surface area (Å²) in [4.78, 5) is 12.7. The Hall–Kier alpha value is -1.02. The van der Waals surface area contributed by atoms with Crippen LogP contribution in [0.4, 0.5) is 18.0 Å². The Bertz CT molecular complexity index is 266. The van der Waals surface area contributed by atoms with Gasteiger partial charge in [0.15, 0.2) is 0 Å². The van der Waals surface area contributed by atoms with Crippen molar-refractivity contribution in [2.45, 2.75) is 25.1 Å². The first kappa shape index (κ1) is 15.0. The number of carbonyl (C=O) groups excluding carboxylic acids is 1. The van der Waals surface area contributed by atoms with Crippen molar-refractivity contribution in [3.8, 4) is 0 Å². The molecular weight excluding hydrogens is 253 g/mol. The first-order valence-corrected chi connectivity index (χ1v) is 5.74. The van der Waals surface area contributed by atoms with E-state index in [1.807, 2.05) is 5.32 Å². The highest BCUT2D eigenvalue weighted by molar-refractivity contribution is 5.74. The van der Waals surface area contributed by atoms with Gasteiger partial charge in [-0.2, -0.15) is 13.2 Å². The first-order valence-electron chi connectivity index (χ1n) is 5.74. The van der Waals surface area contributed by atoms with Crippen molar-refractivity contribution in [3.63, 3.8) is 0 Å². The fourth-order valence-electron chi connectivity index (χ4n) is 1.73. The number of amides is 2. The van der Waals surface area contributed by atoms with Crippen LogP contribution in [-0.2, 0) is 4.74 Å². The first-order chi connectivity index (χ1) is 8.42. The quantitative estimate of drug-likeness (QED) is 0.791. The van der Waals surface area contributed by atoms with Crippen molar-refractivity contribution in [2.75, 3.05) is 32.8 Å². The number of nitrogens with one attached hydrogen (secondary N) is 1. The van der Waals surface area contributed by atoms with Crippen molar-refractivity contribution in [1.82, 2.24) is 10.2 Å². The minimum absolute atomic E-state index is 0.0381. The largest absolute Gasteiger partial charge is 0.405 e. The molecule has 0 bridgehead atoms. The summed E-state index contributed by atoms with van der Waals surface area (Å²) in [5.41, 5.74) is 0. The van der Waals surface area contributed by atoms with Gasteiger partial charge in [0.1, 0.15) is 6.54 Å². The van der Waals surface area contributed by atoms with Crippen LogP contribution < -0.4 is 5.32 Å². The van der Waals surface area contributed by atoms with Crippen LogP contribution >= 0.6 is 0 Å². The Morgan fingerprint density at radius 1 is 1.39 bits per heavy atom. The molecule has 0 aromatic rings. The van der Waals surface area contributed by atoms with Crippen LogP contribution in [0.2, 0.25) is 0 Å². The van der Waals surface area contributed by atoms with E-state index >= 15 is 0 Å². The molecule has 0 unspecified atom stereocenters. The number of ether oxygens (including phenoxy) is 1. The molecule has 1 saturated heterocycles. The summed E-state index contributed by atoms with van der Waals surface area (Å²) in [5.74, 6) is 0. The zero-order chi connectivity index (χ0) is 13.6. The summed E-state index contributed by atoms with van der Waals surface area (Å²) in [6.07, 6.45) is -3.29. The maximum Gasteiger partial charge on any atom is 0.405 e. The third-order valence-electron chi connectivity index (χ3n) is 2.61. The van der Waals surface area contributed by atoms with E-state index in [0.717, 1.165) is 0 Å². The lowest BCUT2D eigenvalue weighted by molar-refractivity contribution is -0.123. The Balaban J connectivity index is 2.23. The van der Waals surface area contributed by atoms with Gasteiger partial charge in [-0.3, -0.25) is 0 Å². The van der Waals surface area contributed by atoms with Gasteiger partial charge in [-0.05, 0) is 12.8 Å². The van der Waals surface area contributed by atoms with Gasteiger partial charge in [0.2, 0.25) is 0 Å². The second-order valence-electron chi connectivity index (χ2n) is 4.05. The molecule has 18 heavy (non-hydrogen) atoms. The zero-order valence-electron chi connectivity index (χ0n) is 9.87. The Labute approximate surface area is 103 Å². The van der Waals surface area contributed by atoms with Crippen LogP contribution in [0.25, 0.3) is 0 Å². The van der Waals surface area contributed by atoms with Gasteiger partial charge >= 0.3 is 12.2 Å². The molecule has 8 heteroatoms. The SMILES string of the molecule is O=C(NCC(F)(F)F)N1CCC(OCCO)CC1. The number of urea groups is 1. The maximum absolute atomic E-state index is 11.9. The fourth-order valence-corrected chi connectivity index (χ4v) is 1.73. The predicted octanol–water partition coefficient (Wildman–Crippen LogP) is 0.732. The van der Waals surface area contributed by atoms with Crippen LogP contribution in [-0.4, -0.2) is 61.2 Å². The average molecular weight is 270 g/mol. The topological polar surface area (TPSA) is 61.8 Å². The number of rotatable bonds is 4. The standard InChI is InChI=1S/C10H17F3N2O3/c11-10(12,13)7-14-9(17)15-3-1-8(2-4-15)18-6-5-16/h8,16H,1-7H2,(H,14,17). The highest BCUT2D eigenvalue weighted by Crippen LogP contribution is 2.15. The molecular formula is C10H17F3N2O3. The highest BCUT2D eigenvalue weighted by atomic mass is 19.4. The molecule has 0 saturated carbocycles. The van der Waals surface area contributed by atoms with Crippen molar-refractivity contribution in [3.05, 3.63) is 0 Å². The van der Waals surface area contributed by atoms with Gasteiger partial charge in [-0.15, -0.1) is 0 Å². The molecule has 1 heterocycles. The molecule has 0 spiro atoms. The fraction of sp³-hybridized carbons (Fsp3) is 0.900. The van der Waals surface area contributed by atoms with E-state index in [9.17, 15) is 18.0 Å². The molecule has 2 N–H and O–H groups in total. The van der Waals surface area contributed by atoms with Crippen LogP contribution in [0, 0.1) is 0 Å². The monoisotopic (exact) mass is 270 g/mol. The molecule has 0 aromatic heterocycles. The molecule has 1 fully saturated rings. The molecule has 0 aromatic carbocycles. The summed E-state index contributed by atoms with van der Waals surface area (Å²) >= 11 is 0. The van der Waals surface area contributed by atoms with E-state index in [0.29, 0.717) is 25.9 Å². The number of piperidine rings is 1. The number of alkyl halides is 3. The van der Waals surface area contributed by atoms with E-state index in [2.05, 4.69) is 0 Å². The number of nitrogens with zero attached hydrogens (tertiary/aromatic N) is 1. The molecule has 106 valence electrons. The number of likely N-dealkylation sites (tertiary alicyclic amines) is 1. The Morgan fingerprint density at radius 2 is 2.00 bits per heavy atom. The van der Waals surface area contributed by atoms with E-state index < -0.39 is 18.8 Å². The number of hydrogen-bond acceptors (Lipinski definition) is 3. The Morgan fingerprint density at radius 3 is 2.50 bits per heavy atom. The van der Waals surface area contributed by atoms with Crippen molar-refractivity contribution in [2.24, 2.45) is 0 Å². The highest BCUT2D eigenvalue weighted by Gasteiger charge is 2.30. The minimum atomic E-state index is -4.39. The second kappa shape index (κ2) is 6.79. The lowest BCUT2D eigenvalue weighted by atomic mass is 10.1. The van der Waals surface area contributed by atoms with Gasteiger partial charge in [0.25, 0.3) is 0 Å².